The number of hydrogen-bond donors (Lipinski definition) is 1. The van der Waals surface area contributed by atoms with Crippen molar-refractivity contribution in [2.75, 3.05) is 43.1 Å². The van der Waals surface area contributed by atoms with Crippen molar-refractivity contribution < 1.29 is 9.15 Å². The molecule has 140 valence electrons. The van der Waals surface area contributed by atoms with E-state index in [1.807, 2.05) is 18.2 Å². The second-order valence-corrected chi connectivity index (χ2v) is 6.55. The van der Waals surface area contributed by atoms with Crippen LogP contribution in [0.15, 0.2) is 47.3 Å². The van der Waals surface area contributed by atoms with Gasteiger partial charge in [0.15, 0.2) is 0 Å². The Balaban J connectivity index is 1.33. The zero-order chi connectivity index (χ0) is 18.5. The Labute approximate surface area is 158 Å². The number of benzene rings is 1. The van der Waals surface area contributed by atoms with Gasteiger partial charge in [0.1, 0.15) is 24.2 Å². The van der Waals surface area contributed by atoms with Gasteiger partial charge in [-0.15, -0.1) is 0 Å². The predicted octanol–water partition coefficient (Wildman–Crippen LogP) is 2.93. The molecule has 1 aliphatic heterocycles. The van der Waals surface area contributed by atoms with Gasteiger partial charge in [-0.3, -0.25) is 0 Å². The molecule has 1 fully saturated rings. The standard InChI is InChI=1S/C20H23N5O2/c1-15-2-4-16(5-3-15)20-24-17(13-27-20)6-7-21-18-12-19(23-14-22-18)25-8-10-26-11-9-25/h2-5,12-14H,6-11H2,1H3,(H,21,22,23). The highest BCUT2D eigenvalue weighted by Crippen LogP contribution is 2.19. The van der Waals surface area contributed by atoms with Crippen molar-refractivity contribution in [3.8, 4) is 11.5 Å². The first-order valence-corrected chi connectivity index (χ1v) is 9.18. The summed E-state index contributed by atoms with van der Waals surface area (Å²) < 4.78 is 11.0. The van der Waals surface area contributed by atoms with Crippen LogP contribution in [0.5, 0.6) is 0 Å². The molecule has 3 heterocycles. The Hall–Kier alpha value is -2.93. The summed E-state index contributed by atoms with van der Waals surface area (Å²) in [6.07, 6.45) is 4.07. The van der Waals surface area contributed by atoms with E-state index in [-0.39, 0.29) is 0 Å². The number of nitrogens with zero attached hydrogens (tertiary/aromatic N) is 4. The lowest BCUT2D eigenvalue weighted by Crippen LogP contribution is -2.36. The Morgan fingerprint density at radius 1 is 1.11 bits per heavy atom. The third-order valence-electron chi connectivity index (χ3n) is 4.53. The number of morpholine rings is 1. The lowest BCUT2D eigenvalue weighted by molar-refractivity contribution is 0.122. The van der Waals surface area contributed by atoms with Crippen LogP contribution in [0.1, 0.15) is 11.3 Å². The third-order valence-corrected chi connectivity index (χ3v) is 4.53. The summed E-state index contributed by atoms with van der Waals surface area (Å²) in [4.78, 5) is 15.4. The summed E-state index contributed by atoms with van der Waals surface area (Å²) in [6.45, 7) is 5.98. The first-order valence-electron chi connectivity index (χ1n) is 9.18. The van der Waals surface area contributed by atoms with E-state index >= 15 is 0 Å². The van der Waals surface area contributed by atoms with Gasteiger partial charge in [-0.2, -0.15) is 0 Å². The smallest absolute Gasteiger partial charge is 0.226 e. The summed E-state index contributed by atoms with van der Waals surface area (Å²) in [5.41, 5.74) is 3.13. The SMILES string of the molecule is Cc1ccc(-c2nc(CCNc3cc(N4CCOCC4)ncn3)co2)cc1. The molecular formula is C20H23N5O2. The number of aromatic nitrogens is 3. The highest BCUT2D eigenvalue weighted by Gasteiger charge is 2.13. The molecule has 1 aromatic carbocycles. The Morgan fingerprint density at radius 3 is 2.74 bits per heavy atom. The number of rotatable bonds is 6. The van der Waals surface area contributed by atoms with Crippen LogP contribution in [0.2, 0.25) is 0 Å². The van der Waals surface area contributed by atoms with E-state index in [0.717, 1.165) is 62.2 Å². The van der Waals surface area contributed by atoms with Gasteiger partial charge in [-0.1, -0.05) is 17.7 Å². The van der Waals surface area contributed by atoms with E-state index in [1.54, 1.807) is 12.6 Å². The van der Waals surface area contributed by atoms with Gasteiger partial charge in [0, 0.05) is 37.7 Å². The molecule has 0 amide bonds. The van der Waals surface area contributed by atoms with Gasteiger partial charge < -0.3 is 19.4 Å². The van der Waals surface area contributed by atoms with Gasteiger partial charge in [-0.25, -0.2) is 15.0 Å². The van der Waals surface area contributed by atoms with Gasteiger partial charge in [0.2, 0.25) is 5.89 Å². The van der Waals surface area contributed by atoms with Crippen molar-refractivity contribution in [3.05, 3.63) is 54.2 Å². The fourth-order valence-corrected chi connectivity index (χ4v) is 2.98. The van der Waals surface area contributed by atoms with Crippen molar-refractivity contribution in [3.63, 3.8) is 0 Å². The Morgan fingerprint density at radius 2 is 1.93 bits per heavy atom. The lowest BCUT2D eigenvalue weighted by Gasteiger charge is -2.27. The summed E-state index contributed by atoms with van der Waals surface area (Å²) in [5, 5.41) is 3.34. The monoisotopic (exact) mass is 365 g/mol. The molecule has 0 saturated carbocycles. The molecule has 7 nitrogen and oxygen atoms in total. The molecule has 7 heteroatoms. The maximum absolute atomic E-state index is 5.61. The number of oxazole rings is 1. The highest BCUT2D eigenvalue weighted by molar-refractivity contribution is 5.53. The van der Waals surface area contributed by atoms with E-state index in [0.29, 0.717) is 5.89 Å². The molecule has 0 spiro atoms. The van der Waals surface area contributed by atoms with E-state index in [1.165, 1.54) is 5.56 Å². The molecule has 0 bridgehead atoms. The van der Waals surface area contributed by atoms with Gasteiger partial charge in [0.25, 0.3) is 0 Å². The summed E-state index contributed by atoms with van der Waals surface area (Å²) in [5.74, 6) is 2.40. The zero-order valence-electron chi connectivity index (χ0n) is 15.4. The average molecular weight is 365 g/mol. The number of hydrogen-bond acceptors (Lipinski definition) is 7. The molecule has 1 aliphatic rings. The van der Waals surface area contributed by atoms with Crippen molar-refractivity contribution in [1.82, 2.24) is 15.0 Å². The fourth-order valence-electron chi connectivity index (χ4n) is 2.98. The first-order chi connectivity index (χ1) is 13.3. The molecule has 0 radical (unpaired) electrons. The number of ether oxygens (including phenoxy) is 1. The maximum atomic E-state index is 5.61. The molecule has 1 saturated heterocycles. The number of aryl methyl sites for hydroxylation is 1. The molecule has 0 aliphatic carbocycles. The molecule has 3 aromatic rings. The Kier molecular flexibility index (Phi) is 5.29. The van der Waals surface area contributed by atoms with Crippen LogP contribution in [0.3, 0.4) is 0 Å². The second-order valence-electron chi connectivity index (χ2n) is 6.55. The lowest BCUT2D eigenvalue weighted by atomic mass is 10.1. The van der Waals surface area contributed by atoms with Crippen molar-refractivity contribution in [1.29, 1.82) is 0 Å². The maximum Gasteiger partial charge on any atom is 0.226 e. The molecule has 0 unspecified atom stereocenters. The molecular weight excluding hydrogens is 342 g/mol. The first kappa shape index (κ1) is 17.5. The fraction of sp³-hybridized carbons (Fsp3) is 0.350. The normalized spacial score (nSPS) is 14.3. The van der Waals surface area contributed by atoms with E-state index < -0.39 is 0 Å². The number of nitrogens with one attached hydrogen (secondary N) is 1. The zero-order valence-corrected chi connectivity index (χ0v) is 15.4. The highest BCUT2D eigenvalue weighted by atomic mass is 16.5. The Bertz CT molecular complexity index is 872. The summed E-state index contributed by atoms with van der Waals surface area (Å²) in [7, 11) is 0. The minimum Gasteiger partial charge on any atom is -0.444 e. The van der Waals surface area contributed by atoms with Gasteiger partial charge in [0.05, 0.1) is 18.9 Å². The molecule has 0 atom stereocenters. The molecule has 1 N–H and O–H groups in total. The predicted molar refractivity (Wildman–Crippen MR) is 104 cm³/mol. The minimum atomic E-state index is 0.654. The van der Waals surface area contributed by atoms with Crippen molar-refractivity contribution in [2.24, 2.45) is 0 Å². The third kappa shape index (κ3) is 4.43. The van der Waals surface area contributed by atoms with Crippen LogP contribution in [-0.2, 0) is 11.2 Å². The molecule has 2 aromatic heterocycles. The van der Waals surface area contributed by atoms with E-state index in [2.05, 4.69) is 44.2 Å². The van der Waals surface area contributed by atoms with E-state index in [9.17, 15) is 0 Å². The van der Waals surface area contributed by atoms with Crippen LogP contribution in [0.25, 0.3) is 11.5 Å². The number of anilines is 2. The van der Waals surface area contributed by atoms with Crippen molar-refractivity contribution >= 4 is 11.6 Å². The van der Waals surface area contributed by atoms with Crippen molar-refractivity contribution in [2.45, 2.75) is 13.3 Å². The molecule has 27 heavy (non-hydrogen) atoms. The van der Waals surface area contributed by atoms with Gasteiger partial charge in [-0.05, 0) is 19.1 Å². The summed E-state index contributed by atoms with van der Waals surface area (Å²) in [6, 6.07) is 10.1. The van der Waals surface area contributed by atoms with E-state index in [4.69, 9.17) is 9.15 Å². The average Bonchev–Trinajstić information content (AvgIpc) is 3.18. The van der Waals surface area contributed by atoms with Crippen LogP contribution in [-0.4, -0.2) is 47.8 Å². The largest absolute Gasteiger partial charge is 0.444 e. The van der Waals surface area contributed by atoms with Crippen LogP contribution in [0, 0.1) is 6.92 Å². The second kappa shape index (κ2) is 8.18. The van der Waals surface area contributed by atoms with Gasteiger partial charge >= 0.3 is 0 Å². The van der Waals surface area contributed by atoms with Crippen LogP contribution >= 0.6 is 0 Å². The topological polar surface area (TPSA) is 76.3 Å². The summed E-state index contributed by atoms with van der Waals surface area (Å²) >= 11 is 0. The molecule has 4 rings (SSSR count). The van der Waals surface area contributed by atoms with Crippen LogP contribution in [0.4, 0.5) is 11.6 Å². The quantitative estimate of drug-likeness (QED) is 0.720. The van der Waals surface area contributed by atoms with Crippen LogP contribution < -0.4 is 10.2 Å². The minimum absolute atomic E-state index is 0.654.